The molecule has 0 atom stereocenters. The van der Waals surface area contributed by atoms with Gasteiger partial charge in [0, 0.05) is 26.2 Å². The molecule has 6 heteroatoms. The molecule has 6 nitrogen and oxygen atoms in total. The number of fused-ring (bicyclic) bond motifs is 1. The lowest BCUT2D eigenvalue weighted by Gasteiger charge is -2.20. The van der Waals surface area contributed by atoms with Crippen LogP contribution in [0.2, 0.25) is 0 Å². The van der Waals surface area contributed by atoms with Crippen LogP contribution in [0.15, 0.2) is 23.0 Å². The van der Waals surface area contributed by atoms with Crippen molar-refractivity contribution in [1.82, 2.24) is 19.8 Å². The summed E-state index contributed by atoms with van der Waals surface area (Å²) < 4.78 is 3.27. The number of aromatic nitrogens is 2. The number of rotatable bonds is 3. The van der Waals surface area contributed by atoms with Gasteiger partial charge in [0.05, 0.1) is 11.0 Å². The van der Waals surface area contributed by atoms with Crippen LogP contribution in [0.4, 0.5) is 4.79 Å². The van der Waals surface area contributed by atoms with Crippen LogP contribution in [0.5, 0.6) is 0 Å². The Balaban J connectivity index is 2.03. The normalized spacial score (nSPS) is 11.7. The van der Waals surface area contributed by atoms with E-state index in [2.05, 4.69) is 10.6 Å². The molecule has 120 valence electrons. The molecule has 2 aromatic rings. The molecule has 0 aliphatic rings. The molecule has 2 rings (SSSR count). The van der Waals surface area contributed by atoms with E-state index in [0.29, 0.717) is 6.54 Å². The highest BCUT2D eigenvalue weighted by Gasteiger charge is 2.13. The molecule has 0 aliphatic carbocycles. The van der Waals surface area contributed by atoms with Gasteiger partial charge in [0.15, 0.2) is 0 Å². The Morgan fingerprint density at radius 3 is 2.41 bits per heavy atom. The maximum Gasteiger partial charge on any atom is 0.328 e. The van der Waals surface area contributed by atoms with Crippen LogP contribution in [-0.4, -0.2) is 27.2 Å². The van der Waals surface area contributed by atoms with E-state index in [1.165, 1.54) is 0 Å². The third-order valence-corrected chi connectivity index (χ3v) is 3.52. The maximum atomic E-state index is 11.9. The molecule has 1 aromatic carbocycles. The van der Waals surface area contributed by atoms with Gasteiger partial charge in [-0.1, -0.05) is 6.07 Å². The number of nitrogens with one attached hydrogen (secondary N) is 2. The summed E-state index contributed by atoms with van der Waals surface area (Å²) in [5.41, 5.74) is 2.63. The van der Waals surface area contributed by atoms with Crippen molar-refractivity contribution >= 4 is 17.1 Å². The molecule has 2 amide bonds. The largest absolute Gasteiger partial charge is 0.338 e. The molecule has 2 N–H and O–H groups in total. The fourth-order valence-electron chi connectivity index (χ4n) is 2.41. The molecule has 0 spiro atoms. The molecule has 1 heterocycles. The Morgan fingerprint density at radius 1 is 1.14 bits per heavy atom. The van der Waals surface area contributed by atoms with E-state index >= 15 is 0 Å². The number of hydrogen-bond donors (Lipinski definition) is 2. The summed E-state index contributed by atoms with van der Waals surface area (Å²) in [5.74, 6) is 0. The van der Waals surface area contributed by atoms with Crippen LogP contribution in [0.1, 0.15) is 26.3 Å². The van der Waals surface area contributed by atoms with Gasteiger partial charge in [-0.2, -0.15) is 0 Å². The van der Waals surface area contributed by atoms with Gasteiger partial charge in [0.2, 0.25) is 0 Å². The highest BCUT2D eigenvalue weighted by molar-refractivity contribution is 5.77. The number of carbonyl (C=O) groups is 1. The third-order valence-electron chi connectivity index (χ3n) is 3.52. The SMILES string of the molecule is Cn1c(=O)n(C)c2cc(CCNC(=O)NC(C)(C)C)ccc21. The van der Waals surface area contributed by atoms with Gasteiger partial charge in [-0.15, -0.1) is 0 Å². The van der Waals surface area contributed by atoms with Crippen molar-refractivity contribution in [3.8, 4) is 0 Å². The number of hydrogen-bond acceptors (Lipinski definition) is 2. The third kappa shape index (κ3) is 3.50. The molecule has 0 saturated heterocycles. The summed E-state index contributed by atoms with van der Waals surface area (Å²) in [7, 11) is 3.53. The van der Waals surface area contributed by atoms with Gasteiger partial charge < -0.3 is 10.6 Å². The van der Waals surface area contributed by atoms with Crippen LogP contribution in [0.25, 0.3) is 11.0 Å². The molecular formula is C16H24N4O2. The zero-order valence-corrected chi connectivity index (χ0v) is 13.9. The van der Waals surface area contributed by atoms with Gasteiger partial charge in [-0.25, -0.2) is 9.59 Å². The van der Waals surface area contributed by atoms with Crippen LogP contribution < -0.4 is 16.3 Å². The number of amides is 2. The minimum absolute atomic E-state index is 0.0326. The number of urea groups is 1. The highest BCUT2D eigenvalue weighted by Crippen LogP contribution is 2.14. The predicted molar refractivity (Wildman–Crippen MR) is 88.2 cm³/mol. The van der Waals surface area contributed by atoms with Gasteiger partial charge in [-0.05, 0) is 44.9 Å². The number of benzene rings is 1. The number of nitrogens with zero attached hydrogens (tertiary/aromatic N) is 2. The van der Waals surface area contributed by atoms with E-state index in [4.69, 9.17) is 0 Å². The van der Waals surface area contributed by atoms with Gasteiger partial charge in [-0.3, -0.25) is 9.13 Å². The molecule has 0 radical (unpaired) electrons. The van der Waals surface area contributed by atoms with Crippen LogP contribution >= 0.6 is 0 Å². The molecular weight excluding hydrogens is 280 g/mol. The van der Waals surface area contributed by atoms with E-state index in [0.717, 1.165) is 23.0 Å². The first kappa shape index (κ1) is 16.1. The fraction of sp³-hybridized carbons (Fsp3) is 0.500. The van der Waals surface area contributed by atoms with Gasteiger partial charge >= 0.3 is 11.7 Å². The molecule has 1 aromatic heterocycles. The minimum atomic E-state index is -0.245. The number of carbonyl (C=O) groups excluding carboxylic acids is 1. The molecule has 22 heavy (non-hydrogen) atoms. The summed E-state index contributed by atoms with van der Waals surface area (Å²) >= 11 is 0. The van der Waals surface area contributed by atoms with E-state index in [-0.39, 0.29) is 17.3 Å². The van der Waals surface area contributed by atoms with Crippen LogP contribution in [0.3, 0.4) is 0 Å². The summed E-state index contributed by atoms with van der Waals surface area (Å²) in [6.07, 6.45) is 0.719. The lowest BCUT2D eigenvalue weighted by atomic mass is 10.1. The Hall–Kier alpha value is -2.24. The van der Waals surface area contributed by atoms with Crippen LogP contribution in [0, 0.1) is 0 Å². The smallest absolute Gasteiger partial charge is 0.328 e. The zero-order valence-electron chi connectivity index (χ0n) is 13.9. The Bertz CT molecular complexity index is 750. The first-order chi connectivity index (χ1) is 10.2. The monoisotopic (exact) mass is 304 g/mol. The topological polar surface area (TPSA) is 68.1 Å². The van der Waals surface area contributed by atoms with Crippen LogP contribution in [-0.2, 0) is 20.5 Å². The lowest BCUT2D eigenvalue weighted by Crippen LogP contribution is -2.46. The Labute approximate surface area is 130 Å². The van der Waals surface area contributed by atoms with Crippen molar-refractivity contribution in [2.24, 2.45) is 14.1 Å². The van der Waals surface area contributed by atoms with E-state index in [9.17, 15) is 9.59 Å². The van der Waals surface area contributed by atoms with Crippen molar-refractivity contribution in [2.45, 2.75) is 32.7 Å². The average Bonchev–Trinajstić information content (AvgIpc) is 2.62. The van der Waals surface area contributed by atoms with Crippen molar-refractivity contribution in [3.05, 3.63) is 34.2 Å². The second-order valence-electron chi connectivity index (χ2n) is 6.60. The second-order valence-corrected chi connectivity index (χ2v) is 6.60. The first-order valence-corrected chi connectivity index (χ1v) is 7.39. The molecule has 0 fully saturated rings. The van der Waals surface area contributed by atoms with Crippen molar-refractivity contribution in [1.29, 1.82) is 0 Å². The fourth-order valence-corrected chi connectivity index (χ4v) is 2.41. The van der Waals surface area contributed by atoms with E-state index < -0.39 is 0 Å². The van der Waals surface area contributed by atoms with Crippen molar-refractivity contribution in [3.63, 3.8) is 0 Å². The number of aryl methyl sites for hydroxylation is 2. The summed E-state index contributed by atoms with van der Waals surface area (Å²) in [4.78, 5) is 23.6. The maximum absolute atomic E-state index is 11.9. The van der Waals surface area contributed by atoms with Gasteiger partial charge in [0.25, 0.3) is 0 Å². The Morgan fingerprint density at radius 2 is 1.77 bits per heavy atom. The summed E-state index contributed by atoms with van der Waals surface area (Å²) in [5, 5.41) is 5.70. The highest BCUT2D eigenvalue weighted by atomic mass is 16.2. The quantitative estimate of drug-likeness (QED) is 0.902. The molecule has 0 saturated carbocycles. The number of imidazole rings is 1. The van der Waals surface area contributed by atoms with Gasteiger partial charge in [0.1, 0.15) is 0 Å². The van der Waals surface area contributed by atoms with E-state index in [1.54, 1.807) is 23.2 Å². The molecule has 0 bridgehead atoms. The lowest BCUT2D eigenvalue weighted by molar-refractivity contribution is 0.232. The first-order valence-electron chi connectivity index (χ1n) is 7.39. The van der Waals surface area contributed by atoms with E-state index in [1.807, 2.05) is 39.0 Å². The summed E-state index contributed by atoms with van der Waals surface area (Å²) in [6.45, 7) is 6.37. The minimum Gasteiger partial charge on any atom is -0.338 e. The standard InChI is InChI=1S/C16H24N4O2/c1-16(2,3)18-14(21)17-9-8-11-6-7-12-13(10-11)20(5)15(22)19(12)4/h6-7,10H,8-9H2,1-5H3,(H2,17,18,21). The second kappa shape index (κ2) is 5.87. The van der Waals surface area contributed by atoms with Crippen molar-refractivity contribution in [2.75, 3.05) is 6.54 Å². The zero-order chi connectivity index (χ0) is 16.5. The molecule has 0 aliphatic heterocycles. The molecule has 0 unspecified atom stereocenters. The predicted octanol–water partition coefficient (Wildman–Crippen LogP) is 1.52. The average molecular weight is 304 g/mol. The van der Waals surface area contributed by atoms with Crippen molar-refractivity contribution < 1.29 is 4.79 Å². The summed E-state index contributed by atoms with van der Waals surface area (Å²) in [6, 6.07) is 5.77. The Kier molecular flexibility index (Phi) is 4.30.